The summed E-state index contributed by atoms with van der Waals surface area (Å²) in [6.07, 6.45) is 0. The molecule has 3 atom stereocenters. The van der Waals surface area contributed by atoms with E-state index in [1.807, 2.05) is 24.3 Å². The Labute approximate surface area is 273 Å². The number of nitrogens with zero attached hydrogens (tertiary/aromatic N) is 2. The van der Waals surface area contributed by atoms with Gasteiger partial charge in [0.2, 0.25) is 17.7 Å². The molecule has 0 radical (unpaired) electrons. The first-order chi connectivity index (χ1) is 21.2. The molecule has 3 heterocycles. The summed E-state index contributed by atoms with van der Waals surface area (Å²) < 4.78 is 7.19. The number of anilines is 2. The molecule has 224 valence electrons. The minimum absolute atomic E-state index is 0.221. The molecule has 9 nitrogen and oxygen atoms in total. The molecule has 44 heavy (non-hydrogen) atoms. The number of nitrogens with one attached hydrogen (secondary N) is 1. The molecule has 1 N–H and O–H groups in total. The molecule has 1 fully saturated rings. The topological polar surface area (TPSA) is 115 Å². The quantitative estimate of drug-likeness (QED) is 0.187. The van der Waals surface area contributed by atoms with Crippen molar-refractivity contribution in [2.24, 2.45) is 5.92 Å². The van der Waals surface area contributed by atoms with Crippen molar-refractivity contribution in [3.63, 3.8) is 0 Å². The number of aromatic nitrogens is 1. The van der Waals surface area contributed by atoms with E-state index >= 15 is 0 Å². The van der Waals surface area contributed by atoms with Gasteiger partial charge in [-0.2, -0.15) is 0 Å². The number of benzene rings is 3. The molecule has 0 unspecified atom stereocenters. The molecule has 3 aromatic carbocycles. The minimum atomic E-state index is -0.844. The third-order valence-electron chi connectivity index (χ3n) is 7.32. The first-order valence-corrected chi connectivity index (χ1v) is 16.4. The van der Waals surface area contributed by atoms with Crippen molar-refractivity contribution in [2.75, 3.05) is 16.8 Å². The summed E-state index contributed by atoms with van der Waals surface area (Å²) in [5.74, 6) is -3.16. The van der Waals surface area contributed by atoms with Crippen LogP contribution in [0.4, 0.5) is 11.4 Å². The average Bonchev–Trinajstić information content (AvgIpc) is 3.44. The number of thioether (sulfide) groups is 1. The van der Waals surface area contributed by atoms with Gasteiger partial charge in [-0.3, -0.25) is 23.7 Å². The summed E-state index contributed by atoms with van der Waals surface area (Å²) in [5, 5.41) is 2.94. The molecular weight excluding hydrogens is 690 g/mol. The van der Waals surface area contributed by atoms with Crippen molar-refractivity contribution in [3.8, 4) is 0 Å². The molecule has 4 aromatic rings. The summed E-state index contributed by atoms with van der Waals surface area (Å²) in [5.41, 5.74) is 1.92. The van der Waals surface area contributed by atoms with Gasteiger partial charge in [0.25, 0.3) is 0 Å². The van der Waals surface area contributed by atoms with E-state index in [0.717, 1.165) is 38.0 Å². The van der Waals surface area contributed by atoms with Crippen molar-refractivity contribution in [1.29, 1.82) is 0 Å². The predicted octanol–water partition coefficient (Wildman–Crippen LogP) is 5.94. The number of carbonyl (C=O) groups excluding carboxylic acids is 4. The van der Waals surface area contributed by atoms with Gasteiger partial charge in [0, 0.05) is 26.0 Å². The summed E-state index contributed by atoms with van der Waals surface area (Å²) >= 11 is 11.6. The van der Waals surface area contributed by atoms with Crippen LogP contribution in [-0.2, 0) is 25.7 Å². The number of carbonyl (C=O) groups is 4. The molecule has 0 spiro atoms. The van der Waals surface area contributed by atoms with E-state index in [1.165, 1.54) is 16.7 Å². The normalized spacial score (nSPS) is 19.0. The maximum absolute atomic E-state index is 14.1. The van der Waals surface area contributed by atoms with E-state index in [-0.39, 0.29) is 18.0 Å². The number of halogens is 2. The Morgan fingerprint density at radius 3 is 2.41 bits per heavy atom. The number of esters is 1. The highest BCUT2D eigenvalue weighted by molar-refractivity contribution is 9.10. The Morgan fingerprint density at radius 1 is 1.00 bits per heavy atom. The standard InChI is InChI=1S/C31H23BrClN3O6S2/c1-2-42-30(40)16-6-12-21(13-7-16)36-27(38)24-23(17-4-3-5-18(32)14-17)26-29(43-25(24)28(36)39)35(31(41)44-26)15-22(37)34-20-10-8-19(33)9-11-20/h3-14,23-25H,2,15H2,1H3,(H,34,37)/t23-,24-,25+/m0/s1. The lowest BCUT2D eigenvalue weighted by atomic mass is 9.83. The number of imide groups is 1. The molecule has 2 aliphatic rings. The van der Waals surface area contributed by atoms with Crippen LogP contribution in [0.25, 0.3) is 0 Å². The van der Waals surface area contributed by atoms with Gasteiger partial charge in [-0.15, -0.1) is 0 Å². The maximum atomic E-state index is 14.1. The van der Waals surface area contributed by atoms with Gasteiger partial charge in [-0.25, -0.2) is 9.69 Å². The highest BCUT2D eigenvalue weighted by Gasteiger charge is 2.56. The first kappa shape index (κ1) is 30.3. The van der Waals surface area contributed by atoms with Gasteiger partial charge < -0.3 is 10.1 Å². The number of rotatable bonds is 7. The largest absolute Gasteiger partial charge is 0.462 e. The van der Waals surface area contributed by atoms with Crippen LogP contribution in [0.1, 0.15) is 33.6 Å². The number of thiazole rings is 1. The SMILES string of the molecule is CCOC(=O)c1ccc(N2C(=O)[C@H]3[C@H](c4cccc(Br)c4)c4sc(=O)n(CC(=O)Nc5ccc(Cl)cc5)c4S[C@H]3C2=O)cc1. The third kappa shape index (κ3) is 5.63. The van der Waals surface area contributed by atoms with Crippen LogP contribution in [0.2, 0.25) is 5.02 Å². The van der Waals surface area contributed by atoms with Gasteiger partial charge in [0.05, 0.1) is 28.8 Å². The van der Waals surface area contributed by atoms with Crippen LogP contribution in [0.3, 0.4) is 0 Å². The predicted molar refractivity (Wildman–Crippen MR) is 173 cm³/mol. The van der Waals surface area contributed by atoms with Crippen LogP contribution >= 0.6 is 50.6 Å². The molecule has 0 aliphatic carbocycles. The summed E-state index contributed by atoms with van der Waals surface area (Å²) in [7, 11) is 0. The fraction of sp³-hybridized carbons (Fsp3) is 0.194. The molecule has 0 bridgehead atoms. The maximum Gasteiger partial charge on any atom is 0.338 e. The Kier molecular flexibility index (Phi) is 8.51. The van der Waals surface area contributed by atoms with Crippen molar-refractivity contribution in [3.05, 3.63) is 108 Å². The van der Waals surface area contributed by atoms with E-state index < -0.39 is 40.8 Å². The minimum Gasteiger partial charge on any atom is -0.462 e. The number of amides is 3. The molecule has 13 heteroatoms. The lowest BCUT2D eigenvalue weighted by Gasteiger charge is -2.30. The summed E-state index contributed by atoms with van der Waals surface area (Å²) in [4.78, 5) is 67.9. The van der Waals surface area contributed by atoms with Crippen LogP contribution in [0.5, 0.6) is 0 Å². The fourth-order valence-corrected chi connectivity index (χ4v) is 8.72. The zero-order valence-electron chi connectivity index (χ0n) is 23.0. The second-order valence-corrected chi connectivity index (χ2v) is 13.5. The van der Waals surface area contributed by atoms with Gasteiger partial charge in [-0.05, 0) is 73.2 Å². The zero-order chi connectivity index (χ0) is 31.1. The molecule has 0 saturated carbocycles. The fourth-order valence-electron chi connectivity index (χ4n) is 5.41. The molecule has 2 aliphatic heterocycles. The summed E-state index contributed by atoms with van der Waals surface area (Å²) in [6, 6.07) is 20.2. The number of fused-ring (bicyclic) bond motifs is 2. The van der Waals surface area contributed by atoms with Crippen molar-refractivity contribution >= 4 is 85.7 Å². The Balaban J connectivity index is 1.37. The molecule has 1 saturated heterocycles. The van der Waals surface area contributed by atoms with E-state index in [4.69, 9.17) is 16.3 Å². The van der Waals surface area contributed by atoms with Crippen LogP contribution in [0, 0.1) is 5.92 Å². The Hall–Kier alpha value is -3.71. The summed E-state index contributed by atoms with van der Waals surface area (Å²) in [6.45, 7) is 1.66. The van der Waals surface area contributed by atoms with Crippen LogP contribution < -0.4 is 15.1 Å². The highest BCUT2D eigenvalue weighted by Crippen LogP contribution is 2.54. The van der Waals surface area contributed by atoms with Crippen LogP contribution in [-0.4, -0.2) is 40.1 Å². The number of hydrogen-bond acceptors (Lipinski definition) is 8. The Morgan fingerprint density at radius 2 is 1.73 bits per heavy atom. The van der Waals surface area contributed by atoms with Gasteiger partial charge >= 0.3 is 10.8 Å². The van der Waals surface area contributed by atoms with Crippen LogP contribution in [0.15, 0.2) is 87.1 Å². The van der Waals surface area contributed by atoms with E-state index in [9.17, 15) is 24.0 Å². The molecule has 3 amide bonds. The Bertz CT molecular complexity index is 1860. The van der Waals surface area contributed by atoms with Crippen molar-refractivity contribution in [2.45, 2.75) is 29.7 Å². The molecule has 6 rings (SSSR count). The number of hydrogen-bond donors (Lipinski definition) is 1. The van der Waals surface area contributed by atoms with Gasteiger partial charge in [-0.1, -0.05) is 62.8 Å². The zero-order valence-corrected chi connectivity index (χ0v) is 27.0. The first-order valence-electron chi connectivity index (χ1n) is 13.5. The highest BCUT2D eigenvalue weighted by atomic mass is 79.9. The third-order valence-corrected chi connectivity index (χ3v) is 10.7. The molecular formula is C31H23BrClN3O6S2. The lowest BCUT2D eigenvalue weighted by Crippen LogP contribution is -2.33. The average molecular weight is 713 g/mol. The van der Waals surface area contributed by atoms with E-state index in [2.05, 4.69) is 21.2 Å². The van der Waals surface area contributed by atoms with Crippen molar-refractivity contribution in [1.82, 2.24) is 4.57 Å². The monoisotopic (exact) mass is 711 g/mol. The van der Waals surface area contributed by atoms with E-state index in [1.54, 1.807) is 43.3 Å². The molecule has 1 aromatic heterocycles. The smallest absolute Gasteiger partial charge is 0.338 e. The lowest BCUT2D eigenvalue weighted by molar-refractivity contribution is -0.122. The van der Waals surface area contributed by atoms with Crippen molar-refractivity contribution < 1.29 is 23.9 Å². The number of ether oxygens (including phenoxy) is 1. The van der Waals surface area contributed by atoms with Gasteiger partial charge in [0.15, 0.2) is 0 Å². The van der Waals surface area contributed by atoms with Gasteiger partial charge in [0.1, 0.15) is 11.8 Å². The second kappa shape index (κ2) is 12.4. The van der Waals surface area contributed by atoms with E-state index in [0.29, 0.717) is 31.9 Å². The second-order valence-electron chi connectivity index (χ2n) is 10.1.